The van der Waals surface area contributed by atoms with Crippen LogP contribution in [0.4, 0.5) is 4.39 Å². The van der Waals surface area contributed by atoms with Gasteiger partial charge in [0.2, 0.25) is 0 Å². The topological polar surface area (TPSA) is 54.4 Å². The minimum atomic E-state index is -0.935. The van der Waals surface area contributed by atoms with E-state index in [9.17, 15) is 9.50 Å². The van der Waals surface area contributed by atoms with Crippen molar-refractivity contribution in [1.29, 1.82) is 0 Å². The SMILES string of the molecule is O[C@@]1(COc2ccccc2F)CCCN(Cc2ccc(OCCN3CCOCC3)cc2)CC1. The summed E-state index contributed by atoms with van der Waals surface area (Å²) in [6.45, 7) is 7.79. The van der Waals surface area contributed by atoms with Crippen LogP contribution in [0.2, 0.25) is 0 Å². The number of morpholine rings is 1. The van der Waals surface area contributed by atoms with E-state index in [1.54, 1.807) is 18.2 Å². The van der Waals surface area contributed by atoms with Gasteiger partial charge in [0.25, 0.3) is 0 Å². The molecule has 2 fully saturated rings. The van der Waals surface area contributed by atoms with Gasteiger partial charge in [-0.3, -0.25) is 9.80 Å². The molecule has 0 saturated carbocycles. The number of benzene rings is 2. The Hall–Kier alpha value is -2.19. The van der Waals surface area contributed by atoms with Crippen molar-refractivity contribution < 1.29 is 23.7 Å². The molecular weight excluding hydrogens is 423 g/mol. The first-order valence-electron chi connectivity index (χ1n) is 11.9. The van der Waals surface area contributed by atoms with Crippen molar-refractivity contribution in [2.45, 2.75) is 31.4 Å². The molecule has 2 aliphatic rings. The number of hydrogen-bond acceptors (Lipinski definition) is 6. The molecule has 0 aliphatic carbocycles. The van der Waals surface area contributed by atoms with Gasteiger partial charge in [0.05, 0.1) is 18.8 Å². The number of likely N-dealkylation sites (tertiary alicyclic amines) is 1. The summed E-state index contributed by atoms with van der Waals surface area (Å²) < 4.78 is 30.7. The Kier molecular flexibility index (Phi) is 8.56. The van der Waals surface area contributed by atoms with E-state index in [1.165, 1.54) is 11.6 Å². The number of halogens is 1. The average Bonchev–Trinajstić information content (AvgIpc) is 3.02. The van der Waals surface area contributed by atoms with E-state index in [0.717, 1.165) is 64.7 Å². The third kappa shape index (κ3) is 7.40. The van der Waals surface area contributed by atoms with Crippen LogP contribution >= 0.6 is 0 Å². The molecule has 0 spiro atoms. The second kappa shape index (κ2) is 11.8. The van der Waals surface area contributed by atoms with Crippen LogP contribution in [0.5, 0.6) is 11.5 Å². The average molecular weight is 459 g/mol. The number of ether oxygens (including phenoxy) is 3. The van der Waals surface area contributed by atoms with Gasteiger partial charge in [-0.05, 0) is 55.6 Å². The lowest BCUT2D eigenvalue weighted by Crippen LogP contribution is -2.38. The summed E-state index contributed by atoms with van der Waals surface area (Å²) in [6, 6.07) is 14.6. The lowest BCUT2D eigenvalue weighted by Gasteiger charge is -2.27. The van der Waals surface area contributed by atoms with Gasteiger partial charge in [0.1, 0.15) is 19.0 Å². The van der Waals surface area contributed by atoms with Gasteiger partial charge < -0.3 is 19.3 Å². The Labute approximate surface area is 195 Å². The van der Waals surface area contributed by atoms with Crippen molar-refractivity contribution in [2.24, 2.45) is 0 Å². The number of nitrogens with zero attached hydrogens (tertiary/aromatic N) is 2. The number of rotatable bonds is 9. The molecule has 6 nitrogen and oxygen atoms in total. The van der Waals surface area contributed by atoms with Crippen molar-refractivity contribution in [2.75, 3.05) is 59.2 Å². The van der Waals surface area contributed by atoms with Crippen molar-refractivity contribution >= 4 is 0 Å². The van der Waals surface area contributed by atoms with E-state index in [1.807, 2.05) is 12.1 Å². The molecule has 2 heterocycles. The van der Waals surface area contributed by atoms with Crippen LogP contribution in [-0.4, -0.2) is 79.7 Å². The van der Waals surface area contributed by atoms with Crippen LogP contribution < -0.4 is 9.47 Å². The molecule has 7 heteroatoms. The van der Waals surface area contributed by atoms with Crippen LogP contribution in [-0.2, 0) is 11.3 Å². The summed E-state index contributed by atoms with van der Waals surface area (Å²) in [5.41, 5.74) is 0.290. The van der Waals surface area contributed by atoms with E-state index in [-0.39, 0.29) is 12.4 Å². The molecule has 180 valence electrons. The molecule has 0 amide bonds. The predicted molar refractivity (Wildman–Crippen MR) is 125 cm³/mol. The van der Waals surface area contributed by atoms with Crippen LogP contribution in [0.3, 0.4) is 0 Å². The number of para-hydroxylation sites is 1. The van der Waals surface area contributed by atoms with Gasteiger partial charge in [-0.15, -0.1) is 0 Å². The lowest BCUT2D eigenvalue weighted by atomic mass is 9.96. The smallest absolute Gasteiger partial charge is 0.165 e. The Morgan fingerprint density at radius 3 is 2.48 bits per heavy atom. The molecule has 2 aromatic carbocycles. The van der Waals surface area contributed by atoms with Gasteiger partial charge in [-0.2, -0.15) is 0 Å². The maximum atomic E-state index is 13.8. The highest BCUT2D eigenvalue weighted by Crippen LogP contribution is 2.26. The molecule has 1 atom stereocenters. The molecule has 0 radical (unpaired) electrons. The number of hydrogen-bond donors (Lipinski definition) is 1. The number of aliphatic hydroxyl groups is 1. The molecule has 0 unspecified atom stereocenters. The maximum Gasteiger partial charge on any atom is 0.165 e. The molecule has 2 aromatic rings. The molecule has 4 rings (SSSR count). The van der Waals surface area contributed by atoms with Gasteiger partial charge in [0.15, 0.2) is 11.6 Å². The second-order valence-corrected chi connectivity index (χ2v) is 9.02. The van der Waals surface area contributed by atoms with Crippen LogP contribution in [0.1, 0.15) is 24.8 Å². The van der Waals surface area contributed by atoms with Crippen molar-refractivity contribution in [3.05, 3.63) is 59.9 Å². The minimum absolute atomic E-state index is 0.109. The minimum Gasteiger partial charge on any atom is -0.492 e. The molecule has 2 saturated heterocycles. The molecule has 33 heavy (non-hydrogen) atoms. The highest BCUT2D eigenvalue weighted by molar-refractivity contribution is 5.27. The molecule has 0 aromatic heterocycles. The van der Waals surface area contributed by atoms with Crippen molar-refractivity contribution in [1.82, 2.24) is 9.80 Å². The van der Waals surface area contributed by atoms with Crippen molar-refractivity contribution in [3.8, 4) is 11.5 Å². The fourth-order valence-corrected chi connectivity index (χ4v) is 4.38. The van der Waals surface area contributed by atoms with Crippen LogP contribution in [0.25, 0.3) is 0 Å². The predicted octanol–water partition coefficient (Wildman–Crippen LogP) is 3.33. The zero-order valence-electron chi connectivity index (χ0n) is 19.3. The van der Waals surface area contributed by atoms with Gasteiger partial charge >= 0.3 is 0 Å². The monoisotopic (exact) mass is 458 g/mol. The Balaban J connectivity index is 1.20. The van der Waals surface area contributed by atoms with E-state index in [4.69, 9.17) is 14.2 Å². The van der Waals surface area contributed by atoms with Gasteiger partial charge in [0, 0.05) is 32.7 Å². The summed E-state index contributed by atoms with van der Waals surface area (Å²) in [5, 5.41) is 11.0. The quantitative estimate of drug-likeness (QED) is 0.622. The Morgan fingerprint density at radius 2 is 1.70 bits per heavy atom. The Morgan fingerprint density at radius 1 is 0.909 bits per heavy atom. The van der Waals surface area contributed by atoms with Crippen LogP contribution in [0.15, 0.2) is 48.5 Å². The summed E-state index contributed by atoms with van der Waals surface area (Å²) in [6.07, 6.45) is 2.12. The van der Waals surface area contributed by atoms with Gasteiger partial charge in [-0.1, -0.05) is 24.3 Å². The van der Waals surface area contributed by atoms with Crippen molar-refractivity contribution in [3.63, 3.8) is 0 Å². The first-order valence-corrected chi connectivity index (χ1v) is 11.9. The summed E-state index contributed by atoms with van der Waals surface area (Å²) in [7, 11) is 0. The summed E-state index contributed by atoms with van der Waals surface area (Å²) in [4.78, 5) is 4.72. The molecule has 2 aliphatic heterocycles. The van der Waals surface area contributed by atoms with E-state index < -0.39 is 11.4 Å². The third-order valence-electron chi connectivity index (χ3n) is 6.45. The zero-order chi connectivity index (χ0) is 22.9. The van der Waals surface area contributed by atoms with Crippen LogP contribution in [0, 0.1) is 5.82 Å². The highest BCUT2D eigenvalue weighted by Gasteiger charge is 2.31. The molecule has 1 N–H and O–H groups in total. The Bertz CT molecular complexity index is 860. The fourth-order valence-electron chi connectivity index (χ4n) is 4.38. The maximum absolute atomic E-state index is 13.8. The second-order valence-electron chi connectivity index (χ2n) is 9.02. The third-order valence-corrected chi connectivity index (χ3v) is 6.45. The normalized spacial score (nSPS) is 22.6. The largest absolute Gasteiger partial charge is 0.492 e. The fraction of sp³-hybridized carbons (Fsp3) is 0.538. The van der Waals surface area contributed by atoms with E-state index in [0.29, 0.717) is 19.4 Å². The standard InChI is InChI=1S/C26H35FN2O4/c27-24-4-1-2-5-25(24)33-21-26(30)10-3-12-29(13-11-26)20-22-6-8-23(9-7-22)32-19-16-28-14-17-31-18-15-28/h1-2,4-9,30H,3,10-21H2/t26-/m0/s1. The van der Waals surface area contributed by atoms with Gasteiger partial charge in [-0.25, -0.2) is 4.39 Å². The zero-order valence-corrected chi connectivity index (χ0v) is 19.3. The first-order chi connectivity index (χ1) is 16.1. The highest BCUT2D eigenvalue weighted by atomic mass is 19.1. The molecular formula is C26H35FN2O4. The lowest BCUT2D eigenvalue weighted by molar-refractivity contribution is -0.0177. The van der Waals surface area contributed by atoms with E-state index in [2.05, 4.69) is 21.9 Å². The summed E-state index contributed by atoms with van der Waals surface area (Å²) in [5.74, 6) is 0.687. The molecule has 0 bridgehead atoms. The summed E-state index contributed by atoms with van der Waals surface area (Å²) >= 11 is 0. The van der Waals surface area contributed by atoms with E-state index >= 15 is 0 Å². The first kappa shape index (κ1) is 24.0.